The molecule has 0 aromatic heterocycles. The molecule has 0 unspecified atom stereocenters. The standard InChI is InChI=1S/C16H12B2/c17-13-8-4-10-2-6-12-14(18)7-3-9-1-5-11(13)16(10)15(9)12/h1-8H,17-18H2. The van der Waals surface area contributed by atoms with Crippen LogP contribution in [0.25, 0.3) is 32.3 Å². The Morgan fingerprint density at radius 2 is 0.889 bits per heavy atom. The summed E-state index contributed by atoms with van der Waals surface area (Å²) in [5, 5.41) is 8.31. The van der Waals surface area contributed by atoms with Gasteiger partial charge in [-0.15, -0.1) is 0 Å². The third-order valence-corrected chi connectivity index (χ3v) is 4.10. The zero-order chi connectivity index (χ0) is 12.3. The van der Waals surface area contributed by atoms with Gasteiger partial charge in [0.25, 0.3) is 0 Å². The molecule has 0 heterocycles. The summed E-state index contributed by atoms with van der Waals surface area (Å²) in [6.07, 6.45) is 0. The van der Waals surface area contributed by atoms with Crippen molar-refractivity contribution in [2.75, 3.05) is 0 Å². The molecule has 4 rings (SSSR count). The van der Waals surface area contributed by atoms with Crippen molar-refractivity contribution in [1.82, 2.24) is 0 Å². The van der Waals surface area contributed by atoms with Crippen LogP contribution in [0.3, 0.4) is 0 Å². The van der Waals surface area contributed by atoms with Gasteiger partial charge >= 0.3 is 0 Å². The highest BCUT2D eigenvalue weighted by Gasteiger charge is 2.09. The Labute approximate surface area is 108 Å². The number of hydrogen-bond acceptors (Lipinski definition) is 0. The summed E-state index contributed by atoms with van der Waals surface area (Å²) < 4.78 is 0. The van der Waals surface area contributed by atoms with Gasteiger partial charge in [-0.1, -0.05) is 59.5 Å². The molecule has 0 amide bonds. The van der Waals surface area contributed by atoms with Crippen LogP contribution in [0.15, 0.2) is 48.5 Å². The van der Waals surface area contributed by atoms with E-state index in [0.717, 1.165) is 0 Å². The first-order valence-electron chi connectivity index (χ1n) is 6.39. The fraction of sp³-hybridized carbons (Fsp3) is 0. The highest BCUT2D eigenvalue weighted by Crippen LogP contribution is 2.32. The lowest BCUT2D eigenvalue weighted by Gasteiger charge is -2.13. The molecule has 0 radical (unpaired) electrons. The quantitative estimate of drug-likeness (QED) is 0.311. The summed E-state index contributed by atoms with van der Waals surface area (Å²) in [4.78, 5) is 0. The van der Waals surface area contributed by atoms with Crippen molar-refractivity contribution in [3.63, 3.8) is 0 Å². The smallest absolute Gasteiger partial charge is 0.0812 e. The van der Waals surface area contributed by atoms with Gasteiger partial charge in [-0.25, -0.2) is 0 Å². The molecule has 0 bridgehead atoms. The average molecular weight is 226 g/mol. The molecular weight excluding hydrogens is 214 g/mol. The van der Waals surface area contributed by atoms with Gasteiger partial charge in [0, 0.05) is 0 Å². The highest BCUT2D eigenvalue weighted by atomic mass is 14.1. The monoisotopic (exact) mass is 226 g/mol. The Kier molecular flexibility index (Phi) is 1.83. The molecule has 4 aromatic rings. The summed E-state index contributed by atoms with van der Waals surface area (Å²) in [7, 11) is 4.39. The fourth-order valence-electron chi connectivity index (χ4n) is 3.09. The predicted molar refractivity (Wildman–Crippen MR) is 86.5 cm³/mol. The Bertz CT molecular complexity index is 818. The van der Waals surface area contributed by atoms with Gasteiger partial charge in [0.2, 0.25) is 0 Å². The summed E-state index contributed by atoms with van der Waals surface area (Å²) in [6, 6.07) is 17.9. The minimum absolute atomic E-state index is 1.35. The number of benzene rings is 4. The molecule has 0 spiro atoms. The van der Waals surface area contributed by atoms with Crippen LogP contribution in [-0.2, 0) is 0 Å². The molecule has 0 saturated carbocycles. The van der Waals surface area contributed by atoms with Gasteiger partial charge in [-0.3, -0.25) is 0 Å². The van der Waals surface area contributed by atoms with E-state index < -0.39 is 0 Å². The molecule has 2 heteroatoms. The zero-order valence-electron chi connectivity index (χ0n) is 10.6. The van der Waals surface area contributed by atoms with E-state index in [4.69, 9.17) is 0 Å². The van der Waals surface area contributed by atoms with Crippen LogP contribution in [-0.4, -0.2) is 15.7 Å². The largest absolute Gasteiger partial charge is 0.140 e. The molecule has 0 aliphatic rings. The maximum absolute atomic E-state index is 2.26. The minimum atomic E-state index is 1.35. The Hall–Kier alpha value is -1.95. The first-order valence-corrected chi connectivity index (χ1v) is 6.39. The summed E-state index contributed by atoms with van der Waals surface area (Å²) in [5.74, 6) is 0. The van der Waals surface area contributed by atoms with Gasteiger partial charge < -0.3 is 0 Å². The van der Waals surface area contributed by atoms with E-state index in [1.807, 2.05) is 0 Å². The Morgan fingerprint density at radius 1 is 0.500 bits per heavy atom. The fourth-order valence-corrected chi connectivity index (χ4v) is 3.09. The lowest BCUT2D eigenvalue weighted by molar-refractivity contribution is 1.83. The molecule has 0 N–H and O–H groups in total. The van der Waals surface area contributed by atoms with Crippen LogP contribution in [0.5, 0.6) is 0 Å². The van der Waals surface area contributed by atoms with E-state index in [0.29, 0.717) is 0 Å². The lowest BCUT2D eigenvalue weighted by Crippen LogP contribution is -2.07. The third-order valence-electron chi connectivity index (χ3n) is 4.10. The zero-order valence-corrected chi connectivity index (χ0v) is 10.6. The van der Waals surface area contributed by atoms with Crippen LogP contribution in [0.2, 0.25) is 0 Å². The van der Waals surface area contributed by atoms with E-state index >= 15 is 0 Å². The predicted octanol–water partition coefficient (Wildman–Crippen LogP) is 1.10. The van der Waals surface area contributed by atoms with Crippen molar-refractivity contribution in [3.8, 4) is 0 Å². The van der Waals surface area contributed by atoms with Crippen LogP contribution in [0.4, 0.5) is 0 Å². The van der Waals surface area contributed by atoms with Crippen LogP contribution < -0.4 is 10.9 Å². The van der Waals surface area contributed by atoms with Gasteiger partial charge in [0.1, 0.15) is 15.7 Å². The highest BCUT2D eigenvalue weighted by molar-refractivity contribution is 6.45. The summed E-state index contributed by atoms with van der Waals surface area (Å²) in [5.41, 5.74) is 2.72. The minimum Gasteiger partial charge on any atom is -0.0812 e. The summed E-state index contributed by atoms with van der Waals surface area (Å²) >= 11 is 0. The first-order chi connectivity index (χ1) is 8.75. The third kappa shape index (κ3) is 1.13. The van der Waals surface area contributed by atoms with Crippen molar-refractivity contribution in [1.29, 1.82) is 0 Å². The number of hydrogen-bond donors (Lipinski definition) is 0. The van der Waals surface area contributed by atoms with Gasteiger partial charge in [-0.2, -0.15) is 0 Å². The molecular formula is C16H12B2. The Morgan fingerprint density at radius 3 is 1.33 bits per heavy atom. The second kappa shape index (κ2) is 3.29. The second-order valence-electron chi connectivity index (χ2n) is 5.19. The van der Waals surface area contributed by atoms with Gasteiger partial charge in [0.05, 0.1) is 0 Å². The van der Waals surface area contributed by atoms with Crippen LogP contribution >= 0.6 is 0 Å². The maximum Gasteiger partial charge on any atom is 0.140 e. The molecule has 0 aliphatic carbocycles. The Balaban J connectivity index is 2.47. The molecule has 0 atom stereocenters. The molecule has 0 nitrogen and oxygen atoms in total. The van der Waals surface area contributed by atoms with Crippen LogP contribution in [0.1, 0.15) is 0 Å². The van der Waals surface area contributed by atoms with Crippen molar-refractivity contribution >= 4 is 58.9 Å². The van der Waals surface area contributed by atoms with Crippen LogP contribution in [0, 0.1) is 0 Å². The first kappa shape index (κ1) is 10.0. The van der Waals surface area contributed by atoms with E-state index in [2.05, 4.69) is 64.2 Å². The van der Waals surface area contributed by atoms with Crippen molar-refractivity contribution in [3.05, 3.63) is 48.5 Å². The maximum atomic E-state index is 2.26. The van der Waals surface area contributed by atoms with Gasteiger partial charge in [-0.05, 0) is 32.3 Å². The molecule has 82 valence electrons. The average Bonchev–Trinajstić information content (AvgIpc) is 2.40. The van der Waals surface area contributed by atoms with Gasteiger partial charge in [0.15, 0.2) is 0 Å². The SMILES string of the molecule is Bc1ccc2ccc3c(B)ccc4ccc1c2c43. The molecule has 0 fully saturated rings. The van der Waals surface area contributed by atoms with Crippen molar-refractivity contribution in [2.45, 2.75) is 0 Å². The van der Waals surface area contributed by atoms with E-state index in [9.17, 15) is 0 Å². The molecule has 4 aromatic carbocycles. The second-order valence-corrected chi connectivity index (χ2v) is 5.19. The van der Waals surface area contributed by atoms with Crippen molar-refractivity contribution < 1.29 is 0 Å². The lowest BCUT2D eigenvalue weighted by atomic mass is 9.82. The van der Waals surface area contributed by atoms with E-state index in [1.165, 1.54) is 43.2 Å². The number of rotatable bonds is 0. The summed E-state index contributed by atoms with van der Waals surface area (Å²) in [6.45, 7) is 0. The normalized spacial score (nSPS) is 11.8. The van der Waals surface area contributed by atoms with E-state index in [-0.39, 0.29) is 0 Å². The molecule has 18 heavy (non-hydrogen) atoms. The topological polar surface area (TPSA) is 0 Å². The van der Waals surface area contributed by atoms with Crippen molar-refractivity contribution in [2.24, 2.45) is 0 Å². The molecule has 0 aliphatic heterocycles. The van der Waals surface area contributed by atoms with E-state index in [1.54, 1.807) is 0 Å². The molecule has 0 saturated heterocycles.